The number of rotatable bonds is 1. The maximum Gasteiger partial charge on any atom is 0.255 e. The number of halogens is 2. The molecule has 2 N–H and O–H groups in total. The number of anilines is 1. The first-order chi connectivity index (χ1) is 9.16. The van der Waals surface area contributed by atoms with Gasteiger partial charge in [0.05, 0.1) is 10.6 Å². The Balaban J connectivity index is 2.04. The van der Waals surface area contributed by atoms with Crippen LogP contribution in [-0.2, 0) is 0 Å². The van der Waals surface area contributed by atoms with E-state index in [0.717, 1.165) is 0 Å². The van der Waals surface area contributed by atoms with Crippen molar-refractivity contribution in [3.05, 3.63) is 64.4 Å². The van der Waals surface area contributed by atoms with Crippen LogP contribution in [0.3, 0.4) is 0 Å². The highest BCUT2D eigenvalue weighted by Crippen LogP contribution is 2.31. The largest absolute Gasteiger partial charge is 0.361 e. The lowest BCUT2D eigenvalue weighted by Crippen LogP contribution is -2.39. The maximum atomic E-state index is 13.9. The van der Waals surface area contributed by atoms with Gasteiger partial charge in [0.25, 0.3) is 5.91 Å². The summed E-state index contributed by atoms with van der Waals surface area (Å²) in [6.07, 6.45) is -0.670. The number of benzene rings is 2. The van der Waals surface area contributed by atoms with Crippen LogP contribution >= 0.6 is 11.6 Å². The Kier molecular flexibility index (Phi) is 2.87. The molecule has 1 heterocycles. The number of para-hydroxylation sites is 1. The van der Waals surface area contributed by atoms with Crippen molar-refractivity contribution in [3.8, 4) is 0 Å². The lowest BCUT2D eigenvalue weighted by Gasteiger charge is -2.28. The van der Waals surface area contributed by atoms with Crippen LogP contribution in [0.15, 0.2) is 42.5 Å². The standard InChI is InChI=1S/C14H10ClFN2O/c15-9-5-3-6-10(16)12(9)13-17-11-7-2-1-4-8(11)14(19)18-13/h1-7,13,17H,(H,18,19)/t13-/m0/s1. The van der Waals surface area contributed by atoms with E-state index in [2.05, 4.69) is 10.6 Å². The molecule has 1 amide bonds. The van der Waals surface area contributed by atoms with Gasteiger partial charge in [-0.15, -0.1) is 0 Å². The maximum absolute atomic E-state index is 13.9. The van der Waals surface area contributed by atoms with Gasteiger partial charge in [-0.2, -0.15) is 0 Å². The molecule has 0 spiro atoms. The molecule has 0 aromatic heterocycles. The number of hydrogen-bond acceptors (Lipinski definition) is 2. The normalized spacial score (nSPS) is 17.4. The summed E-state index contributed by atoms with van der Waals surface area (Å²) >= 11 is 6.01. The molecule has 3 nitrogen and oxygen atoms in total. The first kappa shape index (κ1) is 12.0. The summed E-state index contributed by atoms with van der Waals surface area (Å²) in [7, 11) is 0. The fourth-order valence-corrected chi connectivity index (χ4v) is 2.41. The highest BCUT2D eigenvalue weighted by molar-refractivity contribution is 6.31. The fraction of sp³-hybridized carbons (Fsp3) is 0.0714. The quantitative estimate of drug-likeness (QED) is 0.839. The summed E-state index contributed by atoms with van der Waals surface area (Å²) in [5.74, 6) is -0.705. The van der Waals surface area contributed by atoms with Crippen molar-refractivity contribution >= 4 is 23.2 Å². The summed E-state index contributed by atoms with van der Waals surface area (Å²) in [6.45, 7) is 0. The minimum atomic E-state index is -0.670. The average molecular weight is 277 g/mol. The molecule has 0 bridgehead atoms. The predicted molar refractivity (Wildman–Crippen MR) is 71.7 cm³/mol. The number of carbonyl (C=O) groups excluding carboxylic acids is 1. The Bertz CT molecular complexity index is 639. The van der Waals surface area contributed by atoms with Gasteiger partial charge in [-0.1, -0.05) is 29.8 Å². The van der Waals surface area contributed by atoms with Gasteiger partial charge in [0.2, 0.25) is 0 Å². The third-order valence-corrected chi connectivity index (χ3v) is 3.36. The molecule has 0 unspecified atom stereocenters. The second kappa shape index (κ2) is 4.55. The second-order valence-electron chi connectivity index (χ2n) is 4.23. The van der Waals surface area contributed by atoms with E-state index in [-0.39, 0.29) is 16.5 Å². The minimum absolute atomic E-state index is 0.243. The van der Waals surface area contributed by atoms with E-state index in [0.29, 0.717) is 11.3 Å². The first-order valence-electron chi connectivity index (χ1n) is 5.77. The molecule has 19 heavy (non-hydrogen) atoms. The van der Waals surface area contributed by atoms with Crippen molar-refractivity contribution in [3.63, 3.8) is 0 Å². The molecule has 96 valence electrons. The summed E-state index contributed by atoms with van der Waals surface area (Å²) in [5, 5.41) is 6.04. The van der Waals surface area contributed by atoms with Crippen LogP contribution in [0.4, 0.5) is 10.1 Å². The second-order valence-corrected chi connectivity index (χ2v) is 4.64. The zero-order chi connectivity index (χ0) is 13.4. The van der Waals surface area contributed by atoms with E-state index >= 15 is 0 Å². The van der Waals surface area contributed by atoms with Gasteiger partial charge in [-0.05, 0) is 24.3 Å². The molecule has 0 saturated heterocycles. The van der Waals surface area contributed by atoms with E-state index < -0.39 is 12.0 Å². The molecule has 0 radical (unpaired) electrons. The van der Waals surface area contributed by atoms with Crippen LogP contribution in [0.25, 0.3) is 0 Å². The third kappa shape index (κ3) is 2.04. The molecule has 1 aliphatic rings. The van der Waals surface area contributed by atoms with Gasteiger partial charge in [-0.3, -0.25) is 4.79 Å². The zero-order valence-electron chi connectivity index (χ0n) is 9.78. The van der Waals surface area contributed by atoms with Gasteiger partial charge in [-0.25, -0.2) is 4.39 Å². The average Bonchev–Trinajstić information content (AvgIpc) is 2.38. The van der Waals surface area contributed by atoms with Gasteiger partial charge in [0, 0.05) is 11.3 Å². The van der Waals surface area contributed by atoms with Crippen LogP contribution in [0.2, 0.25) is 5.02 Å². The molecule has 2 aromatic carbocycles. The smallest absolute Gasteiger partial charge is 0.255 e. The van der Waals surface area contributed by atoms with Crippen LogP contribution in [-0.4, -0.2) is 5.91 Å². The molecular weight excluding hydrogens is 267 g/mol. The Morgan fingerprint density at radius 3 is 2.63 bits per heavy atom. The molecule has 0 saturated carbocycles. The SMILES string of the molecule is O=C1N[C@@H](c2c(F)cccc2Cl)Nc2ccccc21. The molecule has 2 aromatic rings. The van der Waals surface area contributed by atoms with Crippen molar-refractivity contribution in [1.29, 1.82) is 0 Å². The third-order valence-electron chi connectivity index (χ3n) is 3.04. The zero-order valence-corrected chi connectivity index (χ0v) is 10.5. The summed E-state index contributed by atoms with van der Waals surface area (Å²) in [6, 6.07) is 11.5. The van der Waals surface area contributed by atoms with E-state index in [9.17, 15) is 9.18 Å². The summed E-state index contributed by atoms with van der Waals surface area (Å²) in [4.78, 5) is 12.0. The van der Waals surface area contributed by atoms with Gasteiger partial charge in [0.1, 0.15) is 12.0 Å². The molecule has 0 aliphatic carbocycles. The Hall–Kier alpha value is -2.07. The van der Waals surface area contributed by atoms with Crippen molar-refractivity contribution in [2.45, 2.75) is 6.17 Å². The van der Waals surface area contributed by atoms with Crippen molar-refractivity contribution in [2.75, 3.05) is 5.32 Å². The lowest BCUT2D eigenvalue weighted by atomic mass is 10.1. The summed E-state index contributed by atoms with van der Waals surface area (Å²) in [5.41, 5.74) is 1.44. The van der Waals surface area contributed by atoms with E-state index in [4.69, 9.17) is 11.6 Å². The van der Waals surface area contributed by atoms with Crippen molar-refractivity contribution in [2.24, 2.45) is 0 Å². The monoisotopic (exact) mass is 276 g/mol. The van der Waals surface area contributed by atoms with Crippen LogP contribution < -0.4 is 10.6 Å². The van der Waals surface area contributed by atoms with E-state index in [1.165, 1.54) is 12.1 Å². The Labute approximate surface area is 114 Å². The van der Waals surface area contributed by atoms with Gasteiger partial charge >= 0.3 is 0 Å². The number of amides is 1. The van der Waals surface area contributed by atoms with E-state index in [1.807, 2.05) is 6.07 Å². The molecule has 5 heteroatoms. The minimum Gasteiger partial charge on any atom is -0.361 e. The predicted octanol–water partition coefficient (Wildman–Crippen LogP) is 3.33. The lowest BCUT2D eigenvalue weighted by molar-refractivity contribution is 0.0935. The number of fused-ring (bicyclic) bond motifs is 1. The molecule has 1 atom stereocenters. The topological polar surface area (TPSA) is 41.1 Å². The summed E-state index contributed by atoms with van der Waals surface area (Å²) < 4.78 is 13.9. The van der Waals surface area contributed by atoms with Gasteiger partial charge in [0.15, 0.2) is 0 Å². The molecule has 1 aliphatic heterocycles. The first-order valence-corrected chi connectivity index (χ1v) is 6.15. The molecular formula is C14H10ClFN2O. The molecule has 3 rings (SSSR count). The van der Waals surface area contributed by atoms with E-state index in [1.54, 1.807) is 24.3 Å². The number of nitrogens with one attached hydrogen (secondary N) is 2. The Morgan fingerprint density at radius 2 is 1.84 bits per heavy atom. The highest BCUT2D eigenvalue weighted by Gasteiger charge is 2.27. The van der Waals surface area contributed by atoms with Crippen LogP contribution in [0, 0.1) is 5.82 Å². The fourth-order valence-electron chi connectivity index (χ4n) is 2.14. The highest BCUT2D eigenvalue weighted by atomic mass is 35.5. The molecule has 0 fully saturated rings. The number of carbonyl (C=O) groups is 1. The van der Waals surface area contributed by atoms with Crippen molar-refractivity contribution in [1.82, 2.24) is 5.32 Å². The van der Waals surface area contributed by atoms with Crippen LogP contribution in [0.5, 0.6) is 0 Å². The number of hydrogen-bond donors (Lipinski definition) is 2. The van der Waals surface area contributed by atoms with Crippen molar-refractivity contribution < 1.29 is 9.18 Å². The van der Waals surface area contributed by atoms with Crippen LogP contribution in [0.1, 0.15) is 22.1 Å². The Morgan fingerprint density at radius 1 is 1.05 bits per heavy atom. The van der Waals surface area contributed by atoms with Gasteiger partial charge < -0.3 is 10.6 Å².